The van der Waals surface area contributed by atoms with Crippen LogP contribution in [0, 0.1) is 11.7 Å². The van der Waals surface area contributed by atoms with Crippen LogP contribution < -0.4 is 5.32 Å². The number of carbonyl (C=O) groups excluding carboxylic acids is 2. The van der Waals surface area contributed by atoms with E-state index in [0.29, 0.717) is 18.7 Å². The number of likely N-dealkylation sites (tertiary alicyclic amines) is 1. The van der Waals surface area contributed by atoms with Gasteiger partial charge in [-0.05, 0) is 6.07 Å². The number of hydrogen-bond acceptors (Lipinski definition) is 2. The highest BCUT2D eigenvalue weighted by Gasteiger charge is 2.33. The number of nitrogens with zero attached hydrogens (tertiary/aromatic N) is 1. The Labute approximate surface area is 105 Å². The molecule has 1 saturated heterocycles. The van der Waals surface area contributed by atoms with E-state index in [-0.39, 0.29) is 30.1 Å². The molecule has 1 N–H and O–H groups in total. The van der Waals surface area contributed by atoms with Gasteiger partial charge in [0.05, 0.1) is 5.92 Å². The van der Waals surface area contributed by atoms with Gasteiger partial charge in [-0.15, -0.1) is 0 Å². The smallest absolute Gasteiger partial charge is 0.226 e. The second-order valence-electron chi connectivity index (χ2n) is 4.43. The van der Waals surface area contributed by atoms with Crippen molar-refractivity contribution in [2.45, 2.75) is 13.5 Å². The number of amides is 2. The van der Waals surface area contributed by atoms with Crippen LogP contribution in [-0.2, 0) is 16.1 Å². The van der Waals surface area contributed by atoms with Gasteiger partial charge in [-0.1, -0.05) is 18.2 Å². The standard InChI is InChI=1S/C13H15FN2O2/c1-9(17)16-7-11(8-16)13(18)15-6-10-4-2-3-5-12(10)14/h2-5,11H,6-8H2,1H3,(H,15,18). The van der Waals surface area contributed by atoms with Crippen LogP contribution in [0.15, 0.2) is 24.3 Å². The molecule has 1 aromatic carbocycles. The van der Waals surface area contributed by atoms with E-state index >= 15 is 0 Å². The van der Waals surface area contributed by atoms with Crippen molar-refractivity contribution in [1.29, 1.82) is 0 Å². The monoisotopic (exact) mass is 250 g/mol. The predicted octanol–water partition coefficient (Wildman–Crippen LogP) is 0.920. The van der Waals surface area contributed by atoms with Crippen molar-refractivity contribution in [2.24, 2.45) is 5.92 Å². The first kappa shape index (κ1) is 12.5. The van der Waals surface area contributed by atoms with Crippen LogP contribution in [0.5, 0.6) is 0 Å². The second-order valence-corrected chi connectivity index (χ2v) is 4.43. The molecule has 2 amide bonds. The number of hydrogen-bond donors (Lipinski definition) is 1. The zero-order valence-corrected chi connectivity index (χ0v) is 10.1. The fraction of sp³-hybridized carbons (Fsp3) is 0.385. The summed E-state index contributed by atoms with van der Waals surface area (Å²) in [5.41, 5.74) is 0.466. The number of rotatable bonds is 3. The Morgan fingerprint density at radius 2 is 2.06 bits per heavy atom. The highest BCUT2D eigenvalue weighted by molar-refractivity contribution is 5.83. The van der Waals surface area contributed by atoms with Crippen LogP contribution in [0.3, 0.4) is 0 Å². The average Bonchev–Trinajstić information content (AvgIpc) is 2.25. The molecule has 0 spiro atoms. The third kappa shape index (κ3) is 2.67. The van der Waals surface area contributed by atoms with E-state index in [1.807, 2.05) is 0 Å². The molecule has 2 rings (SSSR count). The molecule has 0 aromatic heterocycles. The van der Waals surface area contributed by atoms with Gasteiger partial charge in [0.1, 0.15) is 5.82 Å². The first-order valence-electron chi connectivity index (χ1n) is 5.84. The minimum atomic E-state index is -0.322. The van der Waals surface area contributed by atoms with Crippen molar-refractivity contribution in [3.63, 3.8) is 0 Å². The van der Waals surface area contributed by atoms with E-state index in [1.54, 1.807) is 23.1 Å². The summed E-state index contributed by atoms with van der Waals surface area (Å²) in [6.45, 7) is 2.58. The van der Waals surface area contributed by atoms with Gasteiger partial charge in [-0.25, -0.2) is 4.39 Å². The van der Waals surface area contributed by atoms with Crippen LogP contribution >= 0.6 is 0 Å². The van der Waals surface area contributed by atoms with Crippen molar-refractivity contribution in [3.8, 4) is 0 Å². The van der Waals surface area contributed by atoms with Crippen LogP contribution in [-0.4, -0.2) is 29.8 Å². The topological polar surface area (TPSA) is 49.4 Å². The lowest BCUT2D eigenvalue weighted by molar-refractivity contribution is -0.141. The lowest BCUT2D eigenvalue weighted by atomic mass is 9.99. The first-order valence-corrected chi connectivity index (χ1v) is 5.84. The van der Waals surface area contributed by atoms with Crippen molar-refractivity contribution in [1.82, 2.24) is 10.2 Å². The molecule has 0 saturated carbocycles. The normalized spacial score (nSPS) is 15.1. The third-order valence-corrected chi connectivity index (χ3v) is 3.11. The van der Waals surface area contributed by atoms with Crippen LogP contribution in [0.1, 0.15) is 12.5 Å². The maximum atomic E-state index is 13.3. The molecule has 5 heteroatoms. The fourth-order valence-electron chi connectivity index (χ4n) is 1.87. The molecule has 1 aliphatic heterocycles. The van der Waals surface area contributed by atoms with Gasteiger partial charge in [-0.3, -0.25) is 9.59 Å². The molecule has 4 nitrogen and oxygen atoms in total. The number of halogens is 1. The summed E-state index contributed by atoms with van der Waals surface area (Å²) in [5.74, 6) is -0.638. The minimum absolute atomic E-state index is 0.0202. The van der Waals surface area contributed by atoms with Gasteiger partial charge in [-0.2, -0.15) is 0 Å². The zero-order valence-electron chi connectivity index (χ0n) is 10.1. The van der Waals surface area contributed by atoms with Crippen molar-refractivity contribution in [3.05, 3.63) is 35.6 Å². The Kier molecular flexibility index (Phi) is 3.60. The molecule has 1 aliphatic rings. The Morgan fingerprint density at radius 1 is 1.39 bits per heavy atom. The largest absolute Gasteiger partial charge is 0.352 e. The van der Waals surface area contributed by atoms with Crippen molar-refractivity contribution >= 4 is 11.8 Å². The predicted molar refractivity (Wildman–Crippen MR) is 64.0 cm³/mol. The molecule has 0 atom stereocenters. The van der Waals surface area contributed by atoms with Gasteiger partial charge in [0.15, 0.2) is 0 Å². The van der Waals surface area contributed by atoms with Gasteiger partial charge in [0.2, 0.25) is 11.8 Å². The van der Waals surface area contributed by atoms with Gasteiger partial charge in [0.25, 0.3) is 0 Å². The molecular weight excluding hydrogens is 235 g/mol. The molecule has 0 radical (unpaired) electrons. The summed E-state index contributed by atoms with van der Waals surface area (Å²) >= 11 is 0. The van der Waals surface area contributed by atoms with Crippen molar-refractivity contribution in [2.75, 3.05) is 13.1 Å². The summed E-state index contributed by atoms with van der Waals surface area (Å²) in [6.07, 6.45) is 0. The summed E-state index contributed by atoms with van der Waals surface area (Å²) in [5, 5.41) is 2.68. The van der Waals surface area contributed by atoms with Gasteiger partial charge < -0.3 is 10.2 Å². The quantitative estimate of drug-likeness (QED) is 0.867. The summed E-state index contributed by atoms with van der Waals surface area (Å²) in [7, 11) is 0. The molecule has 0 unspecified atom stereocenters. The maximum absolute atomic E-state index is 13.3. The number of benzene rings is 1. The molecule has 1 aromatic rings. The van der Waals surface area contributed by atoms with Gasteiger partial charge in [0, 0.05) is 32.1 Å². The molecule has 96 valence electrons. The van der Waals surface area contributed by atoms with E-state index in [2.05, 4.69) is 5.32 Å². The molecule has 0 bridgehead atoms. The molecule has 18 heavy (non-hydrogen) atoms. The fourth-order valence-corrected chi connectivity index (χ4v) is 1.87. The Balaban J connectivity index is 1.80. The Hall–Kier alpha value is -1.91. The van der Waals surface area contributed by atoms with E-state index < -0.39 is 0 Å². The molecule has 0 aliphatic carbocycles. The molecular formula is C13H15FN2O2. The minimum Gasteiger partial charge on any atom is -0.352 e. The highest BCUT2D eigenvalue weighted by Crippen LogP contribution is 2.15. The second kappa shape index (κ2) is 5.16. The summed E-state index contributed by atoms with van der Waals surface area (Å²) in [6, 6.07) is 6.34. The lowest BCUT2D eigenvalue weighted by Crippen LogP contribution is -2.55. The van der Waals surface area contributed by atoms with E-state index in [4.69, 9.17) is 0 Å². The Bertz CT molecular complexity index is 470. The van der Waals surface area contributed by atoms with Crippen LogP contribution in [0.25, 0.3) is 0 Å². The van der Waals surface area contributed by atoms with Crippen molar-refractivity contribution < 1.29 is 14.0 Å². The first-order chi connectivity index (χ1) is 8.58. The maximum Gasteiger partial charge on any atom is 0.226 e. The third-order valence-electron chi connectivity index (χ3n) is 3.11. The average molecular weight is 250 g/mol. The summed E-state index contributed by atoms with van der Waals surface area (Å²) in [4.78, 5) is 24.3. The highest BCUT2D eigenvalue weighted by atomic mass is 19.1. The lowest BCUT2D eigenvalue weighted by Gasteiger charge is -2.37. The van der Waals surface area contributed by atoms with Gasteiger partial charge >= 0.3 is 0 Å². The van der Waals surface area contributed by atoms with Crippen LogP contribution in [0.2, 0.25) is 0 Å². The Morgan fingerprint density at radius 3 is 2.67 bits per heavy atom. The molecule has 1 fully saturated rings. The van der Waals surface area contributed by atoms with Crippen LogP contribution in [0.4, 0.5) is 4.39 Å². The summed E-state index contributed by atoms with van der Waals surface area (Å²) < 4.78 is 13.3. The number of nitrogens with one attached hydrogen (secondary N) is 1. The SMILES string of the molecule is CC(=O)N1CC(C(=O)NCc2ccccc2F)C1. The zero-order chi connectivity index (χ0) is 13.1. The number of carbonyl (C=O) groups is 2. The van der Waals surface area contributed by atoms with E-state index in [0.717, 1.165) is 0 Å². The molecule has 1 heterocycles. The van der Waals surface area contributed by atoms with E-state index in [9.17, 15) is 14.0 Å². The van der Waals surface area contributed by atoms with E-state index in [1.165, 1.54) is 13.0 Å².